The van der Waals surface area contributed by atoms with Crippen LogP contribution in [0.5, 0.6) is 5.75 Å². The first kappa shape index (κ1) is 21.1. The van der Waals surface area contributed by atoms with E-state index in [1.165, 1.54) is 29.4 Å². The van der Waals surface area contributed by atoms with E-state index in [4.69, 9.17) is 0 Å². The van der Waals surface area contributed by atoms with E-state index in [1.807, 2.05) is 27.7 Å². The minimum atomic E-state index is -1.14. The standard InChI is InChI=1S/C21H25F2N7O/c1-20(2)8-14(18(23)21(3,4)29-20)26-19-24-9-15(27-28-19)13-6-5-12(7-16(13)31)30-10-17(22)25-11-30/h5-7,9-11,14,18,29,31H,8H2,1-4H3,(H,24,26,28)/t14-,18-/m0/s1. The van der Waals surface area contributed by atoms with Crippen molar-refractivity contribution in [2.24, 2.45) is 0 Å². The lowest BCUT2D eigenvalue weighted by atomic mass is 9.78. The van der Waals surface area contributed by atoms with Crippen molar-refractivity contribution < 1.29 is 13.9 Å². The third-order valence-corrected chi connectivity index (χ3v) is 5.42. The maximum absolute atomic E-state index is 15.0. The topological polar surface area (TPSA) is 101 Å². The van der Waals surface area contributed by atoms with Gasteiger partial charge in [-0.1, -0.05) is 0 Å². The Bertz CT molecular complexity index is 1080. The van der Waals surface area contributed by atoms with E-state index in [-0.39, 0.29) is 17.2 Å². The molecule has 0 spiro atoms. The number of aromatic nitrogens is 5. The number of phenolic OH excluding ortho intramolecular Hbond substituents is 1. The van der Waals surface area contributed by atoms with Crippen molar-refractivity contribution in [1.82, 2.24) is 30.0 Å². The zero-order chi connectivity index (χ0) is 22.4. The number of halogens is 2. The summed E-state index contributed by atoms with van der Waals surface area (Å²) in [4.78, 5) is 7.79. The minimum Gasteiger partial charge on any atom is -0.507 e. The number of hydrogen-bond acceptors (Lipinski definition) is 7. The highest BCUT2D eigenvalue weighted by molar-refractivity contribution is 5.68. The van der Waals surface area contributed by atoms with Crippen molar-refractivity contribution >= 4 is 5.95 Å². The van der Waals surface area contributed by atoms with Crippen LogP contribution in [-0.4, -0.2) is 53.1 Å². The predicted octanol–water partition coefficient (Wildman–Crippen LogP) is 3.24. The van der Waals surface area contributed by atoms with Gasteiger partial charge in [0, 0.05) is 22.7 Å². The molecule has 3 heterocycles. The summed E-state index contributed by atoms with van der Waals surface area (Å²) < 4.78 is 29.5. The van der Waals surface area contributed by atoms with E-state index in [9.17, 15) is 13.9 Å². The normalized spacial score (nSPS) is 22.3. The van der Waals surface area contributed by atoms with Gasteiger partial charge in [0.2, 0.25) is 11.9 Å². The van der Waals surface area contributed by atoms with Gasteiger partial charge in [-0.05, 0) is 46.2 Å². The van der Waals surface area contributed by atoms with E-state index < -0.39 is 23.7 Å². The molecule has 0 saturated carbocycles. The molecule has 0 aliphatic carbocycles. The van der Waals surface area contributed by atoms with Gasteiger partial charge in [-0.3, -0.25) is 0 Å². The molecule has 0 unspecified atom stereocenters. The molecule has 3 N–H and O–H groups in total. The monoisotopic (exact) mass is 429 g/mol. The van der Waals surface area contributed by atoms with Crippen molar-refractivity contribution in [2.45, 2.75) is 57.4 Å². The van der Waals surface area contributed by atoms with Crippen LogP contribution < -0.4 is 10.6 Å². The van der Waals surface area contributed by atoms with Gasteiger partial charge in [0.25, 0.3) is 0 Å². The van der Waals surface area contributed by atoms with Crippen LogP contribution >= 0.6 is 0 Å². The first-order valence-corrected chi connectivity index (χ1v) is 9.97. The molecule has 1 aliphatic heterocycles. The van der Waals surface area contributed by atoms with Crippen LogP contribution in [-0.2, 0) is 0 Å². The largest absolute Gasteiger partial charge is 0.507 e. The van der Waals surface area contributed by atoms with E-state index in [0.29, 0.717) is 23.4 Å². The zero-order valence-electron chi connectivity index (χ0n) is 17.8. The quantitative estimate of drug-likeness (QED) is 0.585. The number of nitrogens with one attached hydrogen (secondary N) is 2. The number of nitrogens with zero attached hydrogens (tertiary/aromatic N) is 5. The number of anilines is 1. The first-order valence-electron chi connectivity index (χ1n) is 9.97. The molecular weight excluding hydrogens is 404 g/mol. The van der Waals surface area contributed by atoms with Gasteiger partial charge in [-0.25, -0.2) is 14.4 Å². The molecule has 1 saturated heterocycles. The average Bonchev–Trinajstić information content (AvgIpc) is 3.12. The predicted molar refractivity (Wildman–Crippen MR) is 112 cm³/mol. The molecule has 2 aromatic heterocycles. The minimum absolute atomic E-state index is 0.0610. The Hall–Kier alpha value is -3.14. The van der Waals surface area contributed by atoms with Crippen LogP contribution in [0.15, 0.2) is 36.9 Å². The van der Waals surface area contributed by atoms with Gasteiger partial charge >= 0.3 is 0 Å². The Kier molecular flexibility index (Phi) is 5.12. The van der Waals surface area contributed by atoms with Gasteiger partial charge < -0.3 is 20.3 Å². The molecule has 3 aromatic rings. The van der Waals surface area contributed by atoms with E-state index in [2.05, 4.69) is 30.8 Å². The number of imidazole rings is 1. The molecule has 4 rings (SSSR count). The average molecular weight is 429 g/mol. The second kappa shape index (κ2) is 7.52. The molecule has 1 aliphatic rings. The lowest BCUT2D eigenvalue weighted by Crippen LogP contribution is -2.67. The van der Waals surface area contributed by atoms with Crippen LogP contribution in [0.2, 0.25) is 0 Å². The van der Waals surface area contributed by atoms with Gasteiger partial charge in [0.05, 0.1) is 24.1 Å². The van der Waals surface area contributed by atoms with Gasteiger partial charge in [-0.2, -0.15) is 4.39 Å². The summed E-state index contributed by atoms with van der Waals surface area (Å²) in [6.45, 7) is 7.73. The molecule has 1 aromatic carbocycles. The molecule has 0 radical (unpaired) electrons. The summed E-state index contributed by atoms with van der Waals surface area (Å²) in [5.41, 5.74) is 0.376. The second-order valence-electron chi connectivity index (χ2n) is 9.06. The zero-order valence-corrected chi connectivity index (χ0v) is 17.8. The third-order valence-electron chi connectivity index (χ3n) is 5.42. The van der Waals surface area contributed by atoms with E-state index >= 15 is 0 Å². The summed E-state index contributed by atoms with van der Waals surface area (Å²) in [7, 11) is 0. The molecular formula is C21H25F2N7O. The SMILES string of the molecule is CC1(C)C[C@H](Nc2ncc(-c3ccc(-n4cnc(F)c4)cc3O)nn2)[C@H](F)C(C)(C)N1. The maximum Gasteiger partial charge on any atom is 0.243 e. The van der Waals surface area contributed by atoms with Crippen molar-refractivity contribution in [3.05, 3.63) is 42.9 Å². The van der Waals surface area contributed by atoms with E-state index in [0.717, 1.165) is 0 Å². The van der Waals surface area contributed by atoms with Crippen LogP contribution in [0, 0.1) is 5.95 Å². The number of hydrogen-bond donors (Lipinski definition) is 3. The molecule has 164 valence electrons. The molecule has 2 atom stereocenters. The Morgan fingerprint density at radius 1 is 1.19 bits per heavy atom. The summed E-state index contributed by atoms with van der Waals surface area (Å²) >= 11 is 0. The smallest absolute Gasteiger partial charge is 0.243 e. The molecule has 8 nitrogen and oxygen atoms in total. The number of alkyl halides is 1. The highest BCUT2D eigenvalue weighted by Crippen LogP contribution is 2.33. The number of aromatic hydroxyl groups is 1. The molecule has 0 bridgehead atoms. The van der Waals surface area contributed by atoms with Crippen LogP contribution in [0.3, 0.4) is 0 Å². The first-order chi connectivity index (χ1) is 14.5. The van der Waals surface area contributed by atoms with Crippen molar-refractivity contribution in [3.8, 4) is 22.7 Å². The van der Waals surface area contributed by atoms with Crippen molar-refractivity contribution in [1.29, 1.82) is 0 Å². The van der Waals surface area contributed by atoms with Gasteiger partial charge in [-0.15, -0.1) is 10.2 Å². The van der Waals surface area contributed by atoms with Crippen LogP contribution in [0.1, 0.15) is 34.1 Å². The maximum atomic E-state index is 15.0. The van der Waals surface area contributed by atoms with Crippen molar-refractivity contribution in [3.63, 3.8) is 0 Å². The van der Waals surface area contributed by atoms with Gasteiger partial charge in [0.1, 0.15) is 23.9 Å². The Labute approximate surface area is 178 Å². The number of piperidine rings is 1. The molecule has 10 heteroatoms. The second-order valence-corrected chi connectivity index (χ2v) is 9.06. The van der Waals surface area contributed by atoms with E-state index in [1.54, 1.807) is 12.1 Å². The summed E-state index contributed by atoms with van der Waals surface area (Å²) in [6, 6.07) is 4.33. The highest BCUT2D eigenvalue weighted by atomic mass is 19.1. The highest BCUT2D eigenvalue weighted by Gasteiger charge is 2.46. The Morgan fingerprint density at radius 3 is 2.58 bits per heavy atom. The third kappa shape index (κ3) is 4.34. The fraction of sp³-hybridized carbons (Fsp3) is 0.429. The summed E-state index contributed by atoms with van der Waals surface area (Å²) in [6.07, 6.45) is 3.39. The lowest BCUT2D eigenvalue weighted by Gasteiger charge is -2.48. The lowest BCUT2D eigenvalue weighted by molar-refractivity contribution is 0.0654. The summed E-state index contributed by atoms with van der Waals surface area (Å²) in [5.74, 6) is -0.457. The number of benzene rings is 1. The molecule has 31 heavy (non-hydrogen) atoms. The molecule has 1 fully saturated rings. The van der Waals surface area contributed by atoms with Crippen molar-refractivity contribution in [2.75, 3.05) is 5.32 Å². The number of phenols is 1. The number of rotatable bonds is 4. The fourth-order valence-electron chi connectivity index (χ4n) is 4.24. The van der Waals surface area contributed by atoms with Crippen LogP contribution in [0.25, 0.3) is 16.9 Å². The Balaban J connectivity index is 1.52. The fourth-order valence-corrected chi connectivity index (χ4v) is 4.24. The summed E-state index contributed by atoms with van der Waals surface area (Å²) in [5, 5.41) is 25.0. The van der Waals surface area contributed by atoms with Crippen LogP contribution in [0.4, 0.5) is 14.7 Å². The Morgan fingerprint density at radius 2 is 1.97 bits per heavy atom. The van der Waals surface area contributed by atoms with Gasteiger partial charge in [0.15, 0.2) is 0 Å². The molecule has 0 amide bonds.